The third-order valence-electron chi connectivity index (χ3n) is 9.54. The summed E-state index contributed by atoms with van der Waals surface area (Å²) in [5.74, 6) is -1.19. The average molecular weight is 768 g/mol. The second kappa shape index (κ2) is 14.6. The third-order valence-corrected chi connectivity index (χ3v) is 9.85. The van der Waals surface area contributed by atoms with Gasteiger partial charge in [0.1, 0.15) is 18.6 Å². The molecule has 0 unspecified atom stereocenters. The van der Waals surface area contributed by atoms with Gasteiger partial charge in [0.2, 0.25) is 11.7 Å². The summed E-state index contributed by atoms with van der Waals surface area (Å²) >= 11 is 6.12. The van der Waals surface area contributed by atoms with Gasteiger partial charge in [0.05, 0.1) is 47.2 Å². The number of aromatic nitrogens is 6. The summed E-state index contributed by atoms with van der Waals surface area (Å²) in [6, 6.07) is 4.76. The minimum Gasteiger partial charge on any atom is -0.503 e. The number of halogens is 4. The molecule has 3 aliphatic heterocycles. The normalized spacial score (nSPS) is 16.6. The van der Waals surface area contributed by atoms with Crippen molar-refractivity contribution in [3.63, 3.8) is 0 Å². The van der Waals surface area contributed by atoms with Gasteiger partial charge in [-0.3, -0.25) is 14.4 Å². The number of alkyl halides is 3. The number of nitrogens with zero attached hydrogens (tertiary/aromatic N) is 10. The lowest BCUT2D eigenvalue weighted by Crippen LogP contribution is -2.51. The van der Waals surface area contributed by atoms with Crippen molar-refractivity contribution in [1.29, 1.82) is 5.26 Å². The molecule has 16 nitrogen and oxygen atoms in total. The fourth-order valence-corrected chi connectivity index (χ4v) is 6.92. The molecule has 0 spiro atoms. The second-order valence-corrected chi connectivity index (χ2v) is 13.3. The number of piperazine rings is 1. The number of hydrogen-bond acceptors (Lipinski definition) is 12. The molecular weight excluding hydrogens is 735 g/mol. The predicted octanol–water partition coefficient (Wildman–Crippen LogP) is 2.99. The van der Waals surface area contributed by atoms with Crippen molar-refractivity contribution in [2.45, 2.75) is 32.5 Å². The van der Waals surface area contributed by atoms with Gasteiger partial charge >= 0.3 is 6.18 Å². The lowest BCUT2D eigenvalue weighted by atomic mass is 10.0. The zero-order chi connectivity index (χ0) is 38.3. The Balaban J connectivity index is 1.18. The lowest BCUT2D eigenvalue weighted by Gasteiger charge is -2.37. The Morgan fingerprint density at radius 3 is 2.56 bits per heavy atom. The van der Waals surface area contributed by atoms with Crippen LogP contribution in [0.3, 0.4) is 0 Å². The summed E-state index contributed by atoms with van der Waals surface area (Å²) in [6.45, 7) is 3.65. The molecular formula is C34H33ClF3N11O5. The Hall–Kier alpha value is -5.74. The molecule has 1 aromatic carbocycles. The van der Waals surface area contributed by atoms with Crippen LogP contribution in [0.4, 0.5) is 30.4 Å². The maximum absolute atomic E-state index is 14.2. The molecule has 0 radical (unpaired) electrons. The number of nitrogens with one attached hydrogen (secondary N) is 1. The maximum atomic E-state index is 14.2. The molecule has 2 fully saturated rings. The Bertz CT molecular complexity index is 2270. The van der Waals surface area contributed by atoms with Crippen LogP contribution in [-0.2, 0) is 28.7 Å². The zero-order valence-corrected chi connectivity index (χ0v) is 29.6. The maximum Gasteiger partial charge on any atom is 0.416 e. The van der Waals surface area contributed by atoms with Crippen LogP contribution >= 0.6 is 11.6 Å². The zero-order valence-electron chi connectivity index (χ0n) is 28.8. The third kappa shape index (κ3) is 6.89. The van der Waals surface area contributed by atoms with Crippen LogP contribution in [-0.4, -0.2) is 103 Å². The van der Waals surface area contributed by atoms with E-state index in [0.717, 1.165) is 28.3 Å². The first-order chi connectivity index (χ1) is 25.9. The van der Waals surface area contributed by atoms with Crippen molar-refractivity contribution >= 4 is 52.0 Å². The van der Waals surface area contributed by atoms with Gasteiger partial charge in [-0.05, 0) is 36.6 Å². The monoisotopic (exact) mass is 767 g/mol. The number of benzene rings is 1. The summed E-state index contributed by atoms with van der Waals surface area (Å²) in [5, 5.41) is 26.8. The Kier molecular flexibility index (Phi) is 9.89. The van der Waals surface area contributed by atoms with E-state index in [1.54, 1.807) is 21.3 Å². The number of fused-ring (bicyclic) bond motifs is 1. The highest BCUT2D eigenvalue weighted by Crippen LogP contribution is 2.35. The van der Waals surface area contributed by atoms with E-state index in [0.29, 0.717) is 38.4 Å². The van der Waals surface area contributed by atoms with Crippen molar-refractivity contribution in [2.75, 3.05) is 67.6 Å². The number of carbonyl (C=O) groups excluding carboxylic acids is 2. The molecule has 20 heteroatoms. The molecule has 54 heavy (non-hydrogen) atoms. The van der Waals surface area contributed by atoms with E-state index >= 15 is 0 Å². The van der Waals surface area contributed by atoms with Gasteiger partial charge in [-0.2, -0.15) is 27.9 Å². The van der Waals surface area contributed by atoms with E-state index in [4.69, 9.17) is 21.6 Å². The summed E-state index contributed by atoms with van der Waals surface area (Å²) < 4.78 is 47.8. The summed E-state index contributed by atoms with van der Waals surface area (Å²) in [7, 11) is 0. The van der Waals surface area contributed by atoms with Crippen LogP contribution in [0.25, 0.3) is 11.4 Å². The van der Waals surface area contributed by atoms with Gasteiger partial charge in [-0.1, -0.05) is 24.6 Å². The van der Waals surface area contributed by atoms with Crippen molar-refractivity contribution in [3.05, 3.63) is 68.8 Å². The highest BCUT2D eigenvalue weighted by molar-refractivity contribution is 6.33. The van der Waals surface area contributed by atoms with Gasteiger partial charge < -0.3 is 34.4 Å². The number of nitriles is 1. The lowest BCUT2D eigenvalue weighted by molar-refractivity contribution is -0.137. The van der Waals surface area contributed by atoms with E-state index in [1.807, 2.05) is 6.08 Å². The van der Waals surface area contributed by atoms with Crippen LogP contribution in [0.15, 0.2) is 35.4 Å². The first-order valence-electron chi connectivity index (χ1n) is 17.1. The van der Waals surface area contributed by atoms with E-state index in [2.05, 4.69) is 31.4 Å². The molecule has 3 aromatic heterocycles. The Labute approximate surface area is 310 Å². The number of rotatable bonds is 8. The van der Waals surface area contributed by atoms with Crippen LogP contribution in [0, 0.1) is 17.2 Å². The van der Waals surface area contributed by atoms with Gasteiger partial charge in [0.15, 0.2) is 23.1 Å². The van der Waals surface area contributed by atoms with Crippen LogP contribution < -0.4 is 20.7 Å². The average Bonchev–Trinajstić information content (AvgIpc) is 3.60. The quantitative estimate of drug-likeness (QED) is 0.267. The number of ether oxygens (including phenoxy) is 1. The van der Waals surface area contributed by atoms with Crippen LogP contribution in [0.2, 0.25) is 5.02 Å². The first-order valence-corrected chi connectivity index (χ1v) is 17.4. The molecule has 0 atom stereocenters. The smallest absolute Gasteiger partial charge is 0.416 e. The van der Waals surface area contributed by atoms with Gasteiger partial charge in [0.25, 0.3) is 11.5 Å². The van der Waals surface area contributed by atoms with Gasteiger partial charge in [-0.15, -0.1) is 5.10 Å². The fourth-order valence-electron chi connectivity index (χ4n) is 6.70. The molecule has 0 saturated carbocycles. The number of hydrogen-bond donors (Lipinski definition) is 2. The molecule has 6 heterocycles. The molecule has 4 aromatic rings. The summed E-state index contributed by atoms with van der Waals surface area (Å²) in [6.07, 6.45) is -0.844. The van der Waals surface area contributed by atoms with Crippen molar-refractivity contribution in [3.8, 4) is 11.8 Å². The first kappa shape index (κ1) is 36.6. The summed E-state index contributed by atoms with van der Waals surface area (Å²) in [4.78, 5) is 59.1. The second-order valence-electron chi connectivity index (χ2n) is 12.9. The number of aromatic hydroxyl groups is 1. The molecule has 2 saturated heterocycles. The van der Waals surface area contributed by atoms with E-state index in [9.17, 15) is 32.7 Å². The predicted molar refractivity (Wildman–Crippen MR) is 188 cm³/mol. The molecule has 0 aliphatic carbocycles. The number of anilines is 3. The SMILES string of the molecule is CCc1c(N2CCN(C(=O)c3ncnc(N4CC(C#N)C4)c3O)CC2)c(=O)n2nc(C3=CCOCC3)nc2n1CC(=O)Nc1ccc(C(F)(F)F)cc1Cl. The number of carbonyl (C=O) groups is 2. The van der Waals surface area contributed by atoms with Gasteiger partial charge in [-0.25, -0.2) is 9.97 Å². The number of amides is 2. The van der Waals surface area contributed by atoms with Crippen LogP contribution in [0.1, 0.15) is 40.9 Å². The Morgan fingerprint density at radius 2 is 1.91 bits per heavy atom. The van der Waals surface area contributed by atoms with Crippen LogP contribution in [0.5, 0.6) is 5.75 Å². The molecule has 7 rings (SSSR count). The van der Waals surface area contributed by atoms with Crippen molar-refractivity contribution < 1.29 is 32.6 Å². The van der Waals surface area contributed by atoms with Crippen molar-refractivity contribution in [2.24, 2.45) is 5.92 Å². The minimum atomic E-state index is -4.62. The topological polar surface area (TPSA) is 187 Å². The molecule has 2 amide bonds. The largest absolute Gasteiger partial charge is 0.503 e. The van der Waals surface area contributed by atoms with Crippen molar-refractivity contribution in [1.82, 2.24) is 34.0 Å². The van der Waals surface area contributed by atoms with Gasteiger partial charge in [0, 0.05) is 39.3 Å². The summed E-state index contributed by atoms with van der Waals surface area (Å²) in [5.41, 5.74) is -0.207. The van der Waals surface area contributed by atoms with E-state index < -0.39 is 35.7 Å². The highest BCUT2D eigenvalue weighted by atomic mass is 35.5. The molecule has 0 bridgehead atoms. The van der Waals surface area contributed by atoms with E-state index in [-0.39, 0.29) is 83.8 Å². The van der Waals surface area contributed by atoms with E-state index in [1.165, 1.54) is 11.2 Å². The minimum absolute atomic E-state index is 0.0293. The molecule has 2 N–H and O–H groups in total. The Morgan fingerprint density at radius 1 is 1.15 bits per heavy atom. The molecule has 3 aliphatic rings. The fraction of sp³-hybridized carbons (Fsp3) is 0.412. The standard InChI is InChI=1S/C34H33ClF3N11O5/c1-2-24-27(45-7-9-46(10-8-45)31(52)26-28(51)30(41-18-40-26)47-15-19(14-39)16-47)32(53)49-33(43-29(44-49)20-5-11-54-12-6-20)48(24)17-25(50)42-23-4-3-21(13-22(23)35)34(36,37)38/h3-5,13,18-19,51H,2,6-12,15-17H2,1H3,(H,42,50). The highest BCUT2D eigenvalue weighted by Gasteiger charge is 2.35. The molecule has 282 valence electrons.